The van der Waals surface area contributed by atoms with Crippen molar-refractivity contribution in [1.29, 1.82) is 0 Å². The van der Waals surface area contributed by atoms with Gasteiger partial charge in [-0.05, 0) is 57.1 Å². The third-order valence-electron chi connectivity index (χ3n) is 5.20. The topological polar surface area (TPSA) is 84.2 Å². The van der Waals surface area contributed by atoms with E-state index in [1.54, 1.807) is 13.0 Å². The zero-order valence-corrected chi connectivity index (χ0v) is 16.0. The van der Waals surface area contributed by atoms with Crippen molar-refractivity contribution >= 4 is 27.1 Å². The number of rotatable bonds is 7. The molecule has 1 saturated carbocycles. The van der Waals surface area contributed by atoms with Crippen molar-refractivity contribution in [2.75, 3.05) is 11.9 Å². The van der Waals surface area contributed by atoms with Gasteiger partial charge in [-0.25, -0.2) is 17.5 Å². The first-order chi connectivity index (χ1) is 12.4. The van der Waals surface area contributed by atoms with Gasteiger partial charge in [0.2, 0.25) is 10.0 Å². The Balaban J connectivity index is 1.49. The Hall–Kier alpha value is -1.67. The van der Waals surface area contributed by atoms with Gasteiger partial charge in [0, 0.05) is 18.7 Å². The van der Waals surface area contributed by atoms with E-state index >= 15 is 0 Å². The molecule has 2 N–H and O–H groups in total. The Morgan fingerprint density at radius 1 is 1.31 bits per heavy atom. The molecular weight excluding hydrogens is 357 g/mol. The lowest BCUT2D eigenvalue weighted by molar-refractivity contribution is 0.334. The van der Waals surface area contributed by atoms with Crippen molar-refractivity contribution in [3.05, 3.63) is 24.0 Å². The van der Waals surface area contributed by atoms with Crippen LogP contribution in [0.4, 0.5) is 10.4 Å². The highest BCUT2D eigenvalue weighted by Gasteiger charge is 2.25. The van der Waals surface area contributed by atoms with Crippen molar-refractivity contribution < 1.29 is 17.2 Å². The van der Waals surface area contributed by atoms with Gasteiger partial charge >= 0.3 is 0 Å². The first kappa shape index (κ1) is 19.1. The maximum atomic E-state index is 13.2. The molecule has 2 aromatic rings. The van der Waals surface area contributed by atoms with Gasteiger partial charge in [0.15, 0.2) is 5.58 Å². The van der Waals surface area contributed by atoms with Crippen LogP contribution in [0.3, 0.4) is 0 Å². The smallest absolute Gasteiger partial charge is 0.295 e. The van der Waals surface area contributed by atoms with E-state index in [1.165, 1.54) is 12.1 Å². The quantitative estimate of drug-likeness (QED) is 0.762. The molecule has 1 unspecified atom stereocenters. The second kappa shape index (κ2) is 7.92. The van der Waals surface area contributed by atoms with Gasteiger partial charge in [-0.3, -0.25) is 0 Å². The van der Waals surface area contributed by atoms with E-state index < -0.39 is 10.0 Å². The summed E-state index contributed by atoms with van der Waals surface area (Å²) in [6, 6.07) is 4.91. The highest BCUT2D eigenvalue weighted by molar-refractivity contribution is 7.90. The van der Waals surface area contributed by atoms with E-state index in [0.29, 0.717) is 36.0 Å². The number of nitrogens with one attached hydrogen (secondary N) is 2. The molecule has 1 atom stereocenters. The van der Waals surface area contributed by atoms with Crippen LogP contribution in [0.2, 0.25) is 0 Å². The molecule has 8 heteroatoms. The van der Waals surface area contributed by atoms with Crippen molar-refractivity contribution in [2.24, 2.45) is 5.92 Å². The minimum Gasteiger partial charge on any atom is -0.424 e. The molecule has 1 heterocycles. The van der Waals surface area contributed by atoms with Gasteiger partial charge in [-0.15, -0.1) is 0 Å². The lowest BCUT2D eigenvalue weighted by Gasteiger charge is -2.29. The Morgan fingerprint density at radius 3 is 2.73 bits per heavy atom. The molecule has 1 aromatic carbocycles. The number of hydrogen-bond acceptors (Lipinski definition) is 5. The fourth-order valence-corrected chi connectivity index (χ4v) is 4.43. The Labute approximate surface area is 153 Å². The normalized spacial score (nSPS) is 22.4. The fraction of sp³-hybridized carbons (Fsp3) is 0.611. The molecule has 26 heavy (non-hydrogen) atoms. The number of aromatic nitrogens is 1. The zero-order valence-electron chi connectivity index (χ0n) is 15.2. The lowest BCUT2D eigenvalue weighted by atomic mass is 9.86. The monoisotopic (exact) mass is 383 g/mol. The highest BCUT2D eigenvalue weighted by atomic mass is 32.2. The van der Waals surface area contributed by atoms with Gasteiger partial charge in [-0.2, -0.15) is 4.98 Å². The number of benzene rings is 1. The molecule has 144 valence electrons. The summed E-state index contributed by atoms with van der Waals surface area (Å²) < 4.78 is 45.7. The minimum atomic E-state index is -3.21. The Kier molecular flexibility index (Phi) is 5.82. The first-order valence-electron chi connectivity index (χ1n) is 9.18. The molecule has 0 saturated heterocycles. The molecule has 1 fully saturated rings. The van der Waals surface area contributed by atoms with Crippen molar-refractivity contribution in [3.8, 4) is 0 Å². The summed E-state index contributed by atoms with van der Waals surface area (Å²) in [4.78, 5) is 4.27. The van der Waals surface area contributed by atoms with Crippen LogP contribution >= 0.6 is 0 Å². The Bertz CT molecular complexity index is 844. The lowest BCUT2D eigenvalue weighted by Crippen LogP contribution is -2.37. The van der Waals surface area contributed by atoms with Crippen LogP contribution in [0, 0.1) is 11.7 Å². The predicted octanol–water partition coefficient (Wildman–Crippen LogP) is 3.66. The van der Waals surface area contributed by atoms with Crippen LogP contribution in [-0.4, -0.2) is 31.2 Å². The van der Waals surface area contributed by atoms with Gasteiger partial charge in [0.25, 0.3) is 6.01 Å². The number of oxazole rings is 1. The molecule has 0 aliphatic heterocycles. The number of anilines is 1. The van der Waals surface area contributed by atoms with E-state index in [-0.39, 0.29) is 17.1 Å². The molecule has 0 spiro atoms. The van der Waals surface area contributed by atoms with E-state index in [0.717, 1.165) is 25.7 Å². The number of fused-ring (bicyclic) bond motifs is 1. The molecule has 1 aliphatic rings. The highest BCUT2D eigenvalue weighted by Crippen LogP contribution is 2.27. The second-order valence-corrected chi connectivity index (χ2v) is 9.29. The van der Waals surface area contributed by atoms with Crippen molar-refractivity contribution in [1.82, 2.24) is 9.71 Å². The molecular formula is C18H26FN3O3S. The average molecular weight is 383 g/mol. The predicted molar refractivity (Wildman–Crippen MR) is 100 cm³/mol. The minimum absolute atomic E-state index is 0.232. The van der Waals surface area contributed by atoms with Gasteiger partial charge in [0.1, 0.15) is 11.3 Å². The van der Waals surface area contributed by atoms with E-state index in [4.69, 9.17) is 4.42 Å². The molecule has 0 radical (unpaired) electrons. The average Bonchev–Trinajstić information content (AvgIpc) is 3.01. The fourth-order valence-electron chi connectivity index (χ4n) is 3.24. The summed E-state index contributed by atoms with van der Waals surface area (Å²) in [5.41, 5.74) is 1.06. The van der Waals surface area contributed by atoms with E-state index in [9.17, 15) is 12.8 Å². The van der Waals surface area contributed by atoms with E-state index in [1.807, 2.05) is 6.92 Å². The van der Waals surface area contributed by atoms with Crippen LogP contribution in [0.15, 0.2) is 22.6 Å². The molecule has 0 bridgehead atoms. The summed E-state index contributed by atoms with van der Waals surface area (Å²) in [6.07, 6.45) is 4.33. The maximum absolute atomic E-state index is 13.2. The van der Waals surface area contributed by atoms with Crippen LogP contribution in [0.25, 0.3) is 11.1 Å². The Morgan fingerprint density at radius 2 is 2.04 bits per heavy atom. The number of halogens is 1. The van der Waals surface area contributed by atoms with Crippen LogP contribution in [-0.2, 0) is 10.0 Å². The number of nitrogens with zero attached hydrogens (tertiary/aromatic N) is 1. The largest absolute Gasteiger partial charge is 0.424 e. The van der Waals surface area contributed by atoms with Gasteiger partial charge < -0.3 is 9.73 Å². The molecule has 1 aliphatic carbocycles. The van der Waals surface area contributed by atoms with Crippen LogP contribution < -0.4 is 10.0 Å². The molecule has 3 rings (SSSR count). The zero-order chi connectivity index (χ0) is 18.7. The summed E-state index contributed by atoms with van der Waals surface area (Å²) in [5, 5.41) is 2.91. The van der Waals surface area contributed by atoms with E-state index in [2.05, 4.69) is 15.0 Å². The summed E-state index contributed by atoms with van der Waals surface area (Å²) in [5.74, 6) is 0.0160. The number of hydrogen-bond donors (Lipinski definition) is 2. The number of sulfonamides is 1. The molecule has 1 aromatic heterocycles. The van der Waals surface area contributed by atoms with Crippen LogP contribution in [0.1, 0.15) is 46.0 Å². The van der Waals surface area contributed by atoms with Crippen LogP contribution in [0.5, 0.6) is 0 Å². The van der Waals surface area contributed by atoms with Crippen molar-refractivity contribution in [2.45, 2.75) is 57.2 Å². The SMILES string of the molecule is CCC(C)S(=O)(=O)NCC1CCC(Nc2nc3cc(F)ccc3o2)CC1. The summed E-state index contributed by atoms with van der Waals surface area (Å²) >= 11 is 0. The molecule has 0 amide bonds. The molecule has 6 nitrogen and oxygen atoms in total. The maximum Gasteiger partial charge on any atom is 0.295 e. The van der Waals surface area contributed by atoms with Crippen molar-refractivity contribution in [3.63, 3.8) is 0 Å². The summed E-state index contributed by atoms with van der Waals surface area (Å²) in [6.45, 7) is 4.11. The third-order valence-corrected chi connectivity index (χ3v) is 7.16. The van der Waals surface area contributed by atoms with Gasteiger partial charge in [0.05, 0.1) is 5.25 Å². The second-order valence-electron chi connectivity index (χ2n) is 7.11. The van der Waals surface area contributed by atoms with Gasteiger partial charge in [-0.1, -0.05) is 6.92 Å². The third kappa shape index (κ3) is 4.54. The summed E-state index contributed by atoms with van der Waals surface area (Å²) in [7, 11) is -3.21. The standard InChI is InChI=1S/C18H26FN3O3S/c1-3-12(2)26(23,24)20-11-13-4-7-15(8-5-13)21-18-22-16-10-14(19)6-9-17(16)25-18/h6,9-10,12-13,15,20H,3-5,7-8,11H2,1-2H3,(H,21,22). The first-order valence-corrected chi connectivity index (χ1v) is 10.7.